The number of aromatic hydroxyl groups is 1. The molecule has 4 saturated carbocycles. The lowest BCUT2D eigenvalue weighted by molar-refractivity contribution is -0.0708. The molecule has 6 nitrogen and oxygen atoms in total. The lowest BCUT2D eigenvalue weighted by Gasteiger charge is -2.62. The van der Waals surface area contributed by atoms with Crippen LogP contribution in [0.1, 0.15) is 48.3 Å². The number of hydrogen-bond donors (Lipinski definition) is 2. The molecule has 3 aromatic rings. The normalized spacial score (nSPS) is 33.4. The molecule has 3 aromatic heterocycles. The molecule has 7 heteroatoms. The van der Waals surface area contributed by atoms with Crippen LogP contribution in [0, 0.1) is 11.8 Å². The van der Waals surface area contributed by atoms with Crippen molar-refractivity contribution in [3.63, 3.8) is 0 Å². The average molecular weight is 395 g/mol. The second-order valence-corrected chi connectivity index (χ2v) is 9.91. The number of aromatic nitrogens is 3. The van der Waals surface area contributed by atoms with E-state index in [9.17, 15) is 9.90 Å². The van der Waals surface area contributed by atoms with E-state index in [0.29, 0.717) is 22.7 Å². The van der Waals surface area contributed by atoms with E-state index < -0.39 is 0 Å². The minimum atomic E-state index is -0.205. The number of fused-ring (bicyclic) bond motifs is 1. The summed E-state index contributed by atoms with van der Waals surface area (Å²) in [5, 5.41) is 17.5. The monoisotopic (exact) mass is 394 g/mol. The number of carbonyl (C=O) groups excluding carboxylic acids is 1. The van der Waals surface area contributed by atoms with Crippen molar-refractivity contribution in [3.05, 3.63) is 41.1 Å². The number of hydrogen-bond acceptors (Lipinski definition) is 5. The van der Waals surface area contributed by atoms with Crippen LogP contribution in [0.25, 0.3) is 10.9 Å². The van der Waals surface area contributed by atoms with Crippen LogP contribution in [0.15, 0.2) is 36.1 Å². The number of amides is 1. The van der Waals surface area contributed by atoms with Crippen molar-refractivity contribution >= 4 is 28.1 Å². The number of carbonyl (C=O) groups is 1. The number of thiazole rings is 1. The van der Waals surface area contributed by atoms with Crippen LogP contribution in [0.5, 0.6) is 5.88 Å². The van der Waals surface area contributed by atoms with Crippen molar-refractivity contribution in [3.8, 4) is 5.88 Å². The summed E-state index contributed by atoms with van der Waals surface area (Å²) in [4.78, 5) is 21.4. The summed E-state index contributed by atoms with van der Waals surface area (Å²) in [7, 11) is 0. The molecule has 0 aromatic carbocycles. The molecule has 2 atom stereocenters. The second-order valence-electron chi connectivity index (χ2n) is 9.02. The Labute approximate surface area is 166 Å². The Balaban J connectivity index is 1.41. The zero-order valence-electron chi connectivity index (χ0n) is 15.5. The molecule has 0 aliphatic heterocycles. The van der Waals surface area contributed by atoms with Crippen molar-refractivity contribution in [1.29, 1.82) is 0 Å². The van der Waals surface area contributed by atoms with E-state index in [2.05, 4.69) is 19.9 Å². The van der Waals surface area contributed by atoms with Gasteiger partial charge in [-0.2, -0.15) is 0 Å². The fourth-order valence-electron chi connectivity index (χ4n) is 6.66. The van der Waals surface area contributed by atoms with Crippen LogP contribution in [-0.2, 0) is 5.54 Å². The highest BCUT2D eigenvalue weighted by atomic mass is 32.1. The maximum absolute atomic E-state index is 12.8. The average Bonchev–Trinajstić information content (AvgIpc) is 3.29. The van der Waals surface area contributed by atoms with Gasteiger partial charge in [-0.3, -0.25) is 9.78 Å². The molecule has 4 aliphatic rings. The molecule has 0 saturated heterocycles. The van der Waals surface area contributed by atoms with Crippen molar-refractivity contribution in [1.82, 2.24) is 19.9 Å². The third-order valence-electron chi connectivity index (χ3n) is 7.11. The maximum Gasteiger partial charge on any atom is 0.280 e. The number of nitrogens with zero attached hydrogens (tertiary/aromatic N) is 3. The molecular weight excluding hydrogens is 372 g/mol. The molecule has 3 heterocycles. The van der Waals surface area contributed by atoms with E-state index in [1.807, 2.05) is 23.7 Å². The minimum Gasteiger partial charge on any atom is -0.494 e. The number of pyridine rings is 1. The molecule has 4 aliphatic carbocycles. The maximum atomic E-state index is 12.8. The molecule has 7 rings (SSSR count). The van der Waals surface area contributed by atoms with Crippen LogP contribution in [-0.4, -0.2) is 31.1 Å². The largest absolute Gasteiger partial charge is 0.494 e. The van der Waals surface area contributed by atoms with Gasteiger partial charge in [0.1, 0.15) is 0 Å². The SMILES string of the molecule is O=C(NC12CC3CC(C1)CC(n1cc4ncccc4c1O)(C3)C2)c1nccs1. The van der Waals surface area contributed by atoms with Crippen molar-refractivity contribution in [2.24, 2.45) is 11.8 Å². The van der Waals surface area contributed by atoms with Crippen LogP contribution in [0.2, 0.25) is 0 Å². The molecule has 28 heavy (non-hydrogen) atoms. The molecule has 2 N–H and O–H groups in total. The molecule has 4 fully saturated rings. The standard InChI is InChI=1S/C21H22N4O2S/c26-17(18-23-4-5-28-18)24-20-7-13-6-14(8-20)10-21(9-13,12-20)25-11-16-15(19(25)27)2-1-3-22-16/h1-5,11,13-14,27H,6-10,12H2,(H,24,26). The van der Waals surface area contributed by atoms with Crippen molar-refractivity contribution < 1.29 is 9.90 Å². The summed E-state index contributed by atoms with van der Waals surface area (Å²) in [6.45, 7) is 0. The summed E-state index contributed by atoms with van der Waals surface area (Å²) in [5.74, 6) is 1.41. The summed E-state index contributed by atoms with van der Waals surface area (Å²) < 4.78 is 2.08. The Morgan fingerprint density at radius 2 is 2.04 bits per heavy atom. The smallest absolute Gasteiger partial charge is 0.280 e. The van der Waals surface area contributed by atoms with Crippen molar-refractivity contribution in [2.75, 3.05) is 0 Å². The highest BCUT2D eigenvalue weighted by Crippen LogP contribution is 2.61. The van der Waals surface area contributed by atoms with E-state index in [1.165, 1.54) is 17.8 Å². The predicted octanol–water partition coefficient (Wildman–Crippen LogP) is 3.68. The Hall–Kier alpha value is -2.41. The predicted molar refractivity (Wildman–Crippen MR) is 106 cm³/mol. The number of rotatable bonds is 3. The van der Waals surface area contributed by atoms with Gasteiger partial charge in [0.15, 0.2) is 5.01 Å². The van der Waals surface area contributed by atoms with Gasteiger partial charge in [0.05, 0.1) is 16.4 Å². The Morgan fingerprint density at radius 1 is 1.21 bits per heavy atom. The summed E-state index contributed by atoms with van der Waals surface area (Å²) in [5.41, 5.74) is 0.477. The van der Waals surface area contributed by atoms with Gasteiger partial charge in [-0.05, 0) is 62.5 Å². The van der Waals surface area contributed by atoms with Crippen LogP contribution >= 0.6 is 11.3 Å². The molecule has 4 bridgehead atoms. The van der Waals surface area contributed by atoms with Gasteiger partial charge < -0.3 is 15.0 Å². The van der Waals surface area contributed by atoms with Crippen LogP contribution < -0.4 is 5.32 Å². The highest BCUT2D eigenvalue weighted by molar-refractivity contribution is 7.11. The first kappa shape index (κ1) is 16.5. The lowest BCUT2D eigenvalue weighted by Crippen LogP contribution is -2.65. The summed E-state index contributed by atoms with van der Waals surface area (Å²) in [6.07, 6.45) is 11.7. The molecule has 0 spiro atoms. The van der Waals surface area contributed by atoms with E-state index in [1.54, 1.807) is 12.4 Å². The molecule has 1 amide bonds. The molecular formula is C21H22N4O2S. The zero-order valence-corrected chi connectivity index (χ0v) is 16.3. The first-order valence-corrected chi connectivity index (χ1v) is 10.8. The second kappa shape index (κ2) is 5.56. The van der Waals surface area contributed by atoms with Gasteiger partial charge in [-0.25, -0.2) is 4.98 Å². The van der Waals surface area contributed by atoms with Crippen LogP contribution in [0.4, 0.5) is 0 Å². The Kier molecular flexibility index (Phi) is 3.29. The van der Waals surface area contributed by atoms with Crippen LogP contribution in [0.3, 0.4) is 0 Å². The van der Waals surface area contributed by atoms with Gasteiger partial charge in [-0.15, -0.1) is 11.3 Å². The van der Waals surface area contributed by atoms with Gasteiger partial charge >= 0.3 is 0 Å². The third-order valence-corrected chi connectivity index (χ3v) is 7.88. The van der Waals surface area contributed by atoms with E-state index in [-0.39, 0.29) is 17.0 Å². The minimum absolute atomic E-state index is 0.0596. The fourth-order valence-corrected chi connectivity index (χ4v) is 7.19. The van der Waals surface area contributed by atoms with Gasteiger partial charge in [0.2, 0.25) is 5.88 Å². The number of nitrogens with one attached hydrogen (secondary N) is 1. The first-order valence-electron chi connectivity index (χ1n) is 9.93. The highest BCUT2D eigenvalue weighted by Gasteiger charge is 2.59. The van der Waals surface area contributed by atoms with Gasteiger partial charge in [0, 0.05) is 29.5 Å². The Morgan fingerprint density at radius 3 is 2.75 bits per heavy atom. The summed E-state index contributed by atoms with van der Waals surface area (Å²) >= 11 is 1.38. The van der Waals surface area contributed by atoms with Gasteiger partial charge in [0.25, 0.3) is 5.91 Å². The van der Waals surface area contributed by atoms with Crippen molar-refractivity contribution in [2.45, 2.75) is 49.6 Å². The molecule has 144 valence electrons. The van der Waals surface area contributed by atoms with Gasteiger partial charge in [-0.1, -0.05) is 0 Å². The topological polar surface area (TPSA) is 80.0 Å². The van der Waals surface area contributed by atoms with E-state index in [0.717, 1.165) is 43.0 Å². The quantitative estimate of drug-likeness (QED) is 0.710. The third kappa shape index (κ3) is 2.28. The van der Waals surface area contributed by atoms with E-state index >= 15 is 0 Å². The Bertz CT molecular complexity index is 1060. The summed E-state index contributed by atoms with van der Waals surface area (Å²) in [6, 6.07) is 3.79. The zero-order chi connectivity index (χ0) is 18.9. The van der Waals surface area contributed by atoms with E-state index in [4.69, 9.17) is 0 Å². The molecule has 2 unspecified atom stereocenters. The lowest BCUT2D eigenvalue weighted by atomic mass is 9.49. The first-order chi connectivity index (χ1) is 13.6. The molecule has 0 radical (unpaired) electrons. The fraction of sp³-hybridized carbons (Fsp3) is 0.476.